The summed E-state index contributed by atoms with van der Waals surface area (Å²) in [5, 5.41) is 0. The van der Waals surface area contributed by atoms with Crippen molar-refractivity contribution in [3.63, 3.8) is 0 Å². The van der Waals surface area contributed by atoms with E-state index < -0.39 is 0 Å². The third-order valence-corrected chi connectivity index (χ3v) is 2.32. The van der Waals surface area contributed by atoms with Crippen molar-refractivity contribution in [1.82, 2.24) is 4.98 Å². The smallest absolute Gasteiger partial charge is 0.132 e. The van der Waals surface area contributed by atoms with Gasteiger partial charge in [0.05, 0.1) is 0 Å². The minimum atomic E-state index is 0.461. The number of benzene rings is 1. The second-order valence-electron chi connectivity index (χ2n) is 3.79. The van der Waals surface area contributed by atoms with Crippen molar-refractivity contribution >= 4 is 5.82 Å². The summed E-state index contributed by atoms with van der Waals surface area (Å²) in [5.74, 6) is 2.02. The topological polar surface area (TPSA) is 48.1 Å². The van der Waals surface area contributed by atoms with Gasteiger partial charge in [0.1, 0.15) is 17.3 Å². The second-order valence-corrected chi connectivity index (χ2v) is 3.79. The molecule has 0 atom stereocenters. The highest BCUT2D eigenvalue weighted by Crippen LogP contribution is 2.26. The first-order valence-corrected chi connectivity index (χ1v) is 5.12. The number of rotatable bonds is 2. The van der Waals surface area contributed by atoms with Crippen LogP contribution in [0.5, 0.6) is 11.5 Å². The number of pyridine rings is 1. The van der Waals surface area contributed by atoms with Gasteiger partial charge in [0.25, 0.3) is 0 Å². The fraction of sp³-hybridized carbons (Fsp3) is 0.154. The first kappa shape index (κ1) is 10.5. The van der Waals surface area contributed by atoms with Crippen LogP contribution in [-0.2, 0) is 0 Å². The molecule has 0 unspecified atom stereocenters. The molecule has 3 nitrogen and oxygen atoms in total. The van der Waals surface area contributed by atoms with Gasteiger partial charge in [-0.2, -0.15) is 0 Å². The Morgan fingerprint density at radius 2 is 1.94 bits per heavy atom. The molecular weight excluding hydrogens is 200 g/mol. The van der Waals surface area contributed by atoms with Crippen LogP contribution in [0.25, 0.3) is 0 Å². The molecule has 1 aromatic carbocycles. The van der Waals surface area contributed by atoms with E-state index in [0.29, 0.717) is 11.6 Å². The van der Waals surface area contributed by atoms with Crippen LogP contribution in [0.4, 0.5) is 5.82 Å². The third-order valence-electron chi connectivity index (χ3n) is 2.32. The monoisotopic (exact) mass is 214 g/mol. The van der Waals surface area contributed by atoms with E-state index in [0.717, 1.165) is 11.3 Å². The molecule has 0 fully saturated rings. The molecule has 2 N–H and O–H groups in total. The van der Waals surface area contributed by atoms with E-state index in [-0.39, 0.29) is 0 Å². The summed E-state index contributed by atoms with van der Waals surface area (Å²) >= 11 is 0. The molecular formula is C13H14N2O. The highest BCUT2D eigenvalue weighted by Gasteiger charge is 2.02. The fourth-order valence-corrected chi connectivity index (χ4v) is 1.44. The van der Waals surface area contributed by atoms with Gasteiger partial charge in [-0.25, -0.2) is 4.98 Å². The number of hydrogen-bond donors (Lipinski definition) is 1. The van der Waals surface area contributed by atoms with Gasteiger partial charge in [-0.05, 0) is 37.1 Å². The van der Waals surface area contributed by atoms with Crippen LogP contribution in [-0.4, -0.2) is 4.98 Å². The Labute approximate surface area is 94.9 Å². The largest absolute Gasteiger partial charge is 0.457 e. The maximum absolute atomic E-state index is 5.75. The zero-order valence-electron chi connectivity index (χ0n) is 9.40. The van der Waals surface area contributed by atoms with E-state index in [2.05, 4.69) is 11.1 Å². The first-order chi connectivity index (χ1) is 7.65. The van der Waals surface area contributed by atoms with Crippen molar-refractivity contribution in [1.29, 1.82) is 0 Å². The van der Waals surface area contributed by atoms with Gasteiger partial charge < -0.3 is 10.5 Å². The van der Waals surface area contributed by atoms with E-state index in [4.69, 9.17) is 10.5 Å². The van der Waals surface area contributed by atoms with Crippen LogP contribution in [0.3, 0.4) is 0 Å². The maximum atomic E-state index is 5.75. The fourth-order valence-electron chi connectivity index (χ4n) is 1.44. The SMILES string of the molecule is Cc1ccc(C)c(Oc2ccnc(N)c2)c1. The van der Waals surface area contributed by atoms with Crippen LogP contribution in [0.2, 0.25) is 0 Å². The maximum Gasteiger partial charge on any atom is 0.132 e. The highest BCUT2D eigenvalue weighted by atomic mass is 16.5. The van der Waals surface area contributed by atoms with Crippen molar-refractivity contribution in [2.75, 3.05) is 5.73 Å². The summed E-state index contributed by atoms with van der Waals surface area (Å²) < 4.78 is 5.75. The molecule has 1 heterocycles. The second kappa shape index (κ2) is 4.23. The Bertz CT molecular complexity index is 509. The number of nitrogens with two attached hydrogens (primary N) is 1. The molecule has 2 rings (SSSR count). The number of ether oxygens (including phenoxy) is 1. The van der Waals surface area contributed by atoms with Gasteiger partial charge in [-0.1, -0.05) is 12.1 Å². The Balaban J connectivity index is 2.30. The average molecular weight is 214 g/mol. The van der Waals surface area contributed by atoms with Crippen molar-refractivity contribution in [2.24, 2.45) is 0 Å². The van der Waals surface area contributed by atoms with E-state index >= 15 is 0 Å². The van der Waals surface area contributed by atoms with Gasteiger partial charge in [0.2, 0.25) is 0 Å². The first-order valence-electron chi connectivity index (χ1n) is 5.12. The Kier molecular flexibility index (Phi) is 2.77. The third kappa shape index (κ3) is 2.31. The van der Waals surface area contributed by atoms with Gasteiger partial charge in [0, 0.05) is 12.3 Å². The molecule has 0 aliphatic heterocycles. The molecule has 0 aliphatic carbocycles. The molecule has 3 heteroatoms. The Hall–Kier alpha value is -2.03. The quantitative estimate of drug-likeness (QED) is 0.835. The zero-order valence-corrected chi connectivity index (χ0v) is 9.40. The van der Waals surface area contributed by atoms with Gasteiger partial charge in [-0.15, -0.1) is 0 Å². The summed E-state index contributed by atoms with van der Waals surface area (Å²) in [4.78, 5) is 3.92. The molecule has 0 saturated heterocycles. The van der Waals surface area contributed by atoms with Crippen LogP contribution in [0, 0.1) is 13.8 Å². The lowest BCUT2D eigenvalue weighted by Crippen LogP contribution is -1.92. The number of aryl methyl sites for hydroxylation is 2. The Morgan fingerprint density at radius 3 is 2.69 bits per heavy atom. The zero-order chi connectivity index (χ0) is 11.5. The minimum Gasteiger partial charge on any atom is -0.457 e. The highest BCUT2D eigenvalue weighted by molar-refractivity contribution is 5.42. The molecule has 0 radical (unpaired) electrons. The molecule has 0 bridgehead atoms. The van der Waals surface area contributed by atoms with Crippen molar-refractivity contribution in [3.05, 3.63) is 47.7 Å². The number of anilines is 1. The number of nitrogen functional groups attached to an aromatic ring is 1. The lowest BCUT2D eigenvalue weighted by atomic mass is 10.1. The van der Waals surface area contributed by atoms with Crippen LogP contribution >= 0.6 is 0 Å². The number of aromatic nitrogens is 1. The van der Waals surface area contributed by atoms with E-state index in [1.165, 1.54) is 5.56 Å². The minimum absolute atomic E-state index is 0.461. The number of nitrogens with zero attached hydrogens (tertiary/aromatic N) is 1. The predicted molar refractivity (Wildman–Crippen MR) is 64.6 cm³/mol. The molecule has 0 aliphatic rings. The molecule has 0 saturated carbocycles. The van der Waals surface area contributed by atoms with Gasteiger partial charge >= 0.3 is 0 Å². The average Bonchev–Trinajstić information content (AvgIpc) is 2.24. The van der Waals surface area contributed by atoms with Crippen LogP contribution < -0.4 is 10.5 Å². The van der Waals surface area contributed by atoms with Crippen molar-refractivity contribution in [3.8, 4) is 11.5 Å². The van der Waals surface area contributed by atoms with Crippen molar-refractivity contribution < 1.29 is 4.74 Å². The van der Waals surface area contributed by atoms with Crippen molar-refractivity contribution in [2.45, 2.75) is 13.8 Å². The normalized spacial score (nSPS) is 10.1. The Morgan fingerprint density at radius 1 is 1.12 bits per heavy atom. The van der Waals surface area contributed by atoms with E-state index in [1.54, 1.807) is 18.3 Å². The molecule has 1 aromatic heterocycles. The molecule has 2 aromatic rings. The van der Waals surface area contributed by atoms with Crippen LogP contribution in [0.15, 0.2) is 36.5 Å². The summed E-state index contributed by atoms with van der Waals surface area (Å²) in [6.45, 7) is 4.05. The van der Waals surface area contributed by atoms with E-state index in [1.807, 2.05) is 26.0 Å². The molecule has 0 amide bonds. The lowest BCUT2D eigenvalue weighted by Gasteiger charge is -2.09. The summed E-state index contributed by atoms with van der Waals surface area (Å²) in [5.41, 5.74) is 7.86. The molecule has 0 spiro atoms. The summed E-state index contributed by atoms with van der Waals surface area (Å²) in [6.07, 6.45) is 1.63. The van der Waals surface area contributed by atoms with Crippen LogP contribution in [0.1, 0.15) is 11.1 Å². The summed E-state index contributed by atoms with van der Waals surface area (Å²) in [7, 11) is 0. The number of hydrogen-bond acceptors (Lipinski definition) is 3. The molecule has 16 heavy (non-hydrogen) atoms. The van der Waals surface area contributed by atoms with Gasteiger partial charge in [-0.3, -0.25) is 0 Å². The molecule has 82 valence electrons. The van der Waals surface area contributed by atoms with Gasteiger partial charge in [0.15, 0.2) is 0 Å². The summed E-state index contributed by atoms with van der Waals surface area (Å²) in [6, 6.07) is 9.60. The standard InChI is InChI=1S/C13H14N2O/c1-9-3-4-10(2)12(7-9)16-11-5-6-15-13(14)8-11/h3-8H,1-2H3,(H2,14,15). The lowest BCUT2D eigenvalue weighted by molar-refractivity contribution is 0.478. The predicted octanol–water partition coefficient (Wildman–Crippen LogP) is 3.07. The van der Waals surface area contributed by atoms with E-state index in [9.17, 15) is 0 Å².